The van der Waals surface area contributed by atoms with Gasteiger partial charge in [-0.3, -0.25) is 4.79 Å². The molecule has 1 N–H and O–H groups in total. The van der Waals surface area contributed by atoms with Gasteiger partial charge in [0.15, 0.2) is 5.16 Å². The van der Waals surface area contributed by atoms with Crippen molar-refractivity contribution in [3.63, 3.8) is 0 Å². The molecule has 0 aliphatic carbocycles. The fourth-order valence-electron chi connectivity index (χ4n) is 2.75. The first-order chi connectivity index (χ1) is 13.0. The highest BCUT2D eigenvalue weighted by molar-refractivity contribution is 8.00. The molecule has 0 bridgehead atoms. The second-order valence-corrected chi connectivity index (χ2v) is 7.83. The highest BCUT2D eigenvalue weighted by atomic mass is 35.5. The molecule has 3 aromatic rings. The molecule has 3 rings (SSSR count). The van der Waals surface area contributed by atoms with E-state index in [4.69, 9.17) is 11.6 Å². The number of nitriles is 1. The molecule has 0 radical (unpaired) electrons. The maximum absolute atomic E-state index is 12.6. The van der Waals surface area contributed by atoms with Crippen molar-refractivity contribution in [2.24, 2.45) is 0 Å². The molecule has 0 saturated carbocycles. The number of thioether (sulfide) groups is 1. The molecule has 1 amide bonds. The van der Waals surface area contributed by atoms with Crippen LogP contribution in [0.1, 0.15) is 25.8 Å². The molecule has 0 saturated heterocycles. The molecule has 7 heteroatoms. The Balaban J connectivity index is 1.82. The van der Waals surface area contributed by atoms with Crippen LogP contribution in [-0.2, 0) is 11.3 Å². The Morgan fingerprint density at radius 3 is 2.89 bits per heavy atom. The summed E-state index contributed by atoms with van der Waals surface area (Å²) >= 11 is 7.48. The minimum Gasteiger partial charge on any atom is -0.324 e. The third-order valence-electron chi connectivity index (χ3n) is 4.08. The van der Waals surface area contributed by atoms with Gasteiger partial charge in [0.2, 0.25) is 5.91 Å². The average Bonchev–Trinajstić information content (AvgIpc) is 2.98. The first-order valence-corrected chi connectivity index (χ1v) is 9.91. The van der Waals surface area contributed by atoms with Crippen LogP contribution in [0, 0.1) is 11.3 Å². The first-order valence-electron chi connectivity index (χ1n) is 8.66. The molecule has 0 aliphatic heterocycles. The number of anilines is 1. The fourth-order valence-corrected chi connectivity index (χ4v) is 3.86. The number of fused-ring (bicyclic) bond motifs is 1. The maximum Gasteiger partial charge on any atom is 0.237 e. The molecule has 1 aromatic heterocycles. The van der Waals surface area contributed by atoms with Gasteiger partial charge in [0, 0.05) is 11.6 Å². The number of rotatable bonds is 6. The van der Waals surface area contributed by atoms with Crippen molar-refractivity contribution in [1.82, 2.24) is 9.55 Å². The summed E-state index contributed by atoms with van der Waals surface area (Å²) < 4.78 is 2.11. The zero-order valence-electron chi connectivity index (χ0n) is 15.1. The quantitative estimate of drug-likeness (QED) is 0.587. The second-order valence-electron chi connectivity index (χ2n) is 6.09. The predicted octanol–water partition coefficient (Wildman–Crippen LogP) is 5.09. The van der Waals surface area contributed by atoms with Gasteiger partial charge in [-0.2, -0.15) is 5.26 Å². The van der Waals surface area contributed by atoms with Crippen molar-refractivity contribution in [2.45, 2.75) is 37.2 Å². The monoisotopic (exact) mass is 398 g/mol. The summed E-state index contributed by atoms with van der Waals surface area (Å²) in [5.74, 6) is -0.171. The number of amides is 1. The predicted molar refractivity (Wildman–Crippen MR) is 110 cm³/mol. The van der Waals surface area contributed by atoms with E-state index in [1.54, 1.807) is 24.3 Å². The molecule has 0 aliphatic rings. The minimum atomic E-state index is -0.375. The summed E-state index contributed by atoms with van der Waals surface area (Å²) in [6.07, 6.45) is 0.956. The van der Waals surface area contributed by atoms with Crippen LogP contribution in [0.25, 0.3) is 11.0 Å². The Kier molecular flexibility index (Phi) is 6.04. The number of aromatic nitrogens is 2. The van der Waals surface area contributed by atoms with Crippen LogP contribution >= 0.6 is 23.4 Å². The molecular weight excluding hydrogens is 380 g/mol. The van der Waals surface area contributed by atoms with E-state index in [1.807, 2.05) is 25.1 Å². The molecule has 5 nitrogen and oxygen atoms in total. The normalized spacial score (nSPS) is 11.9. The Labute approximate surface area is 167 Å². The molecule has 1 heterocycles. The van der Waals surface area contributed by atoms with Crippen LogP contribution in [0.15, 0.2) is 47.6 Å². The largest absolute Gasteiger partial charge is 0.324 e. The highest BCUT2D eigenvalue weighted by Crippen LogP contribution is 2.29. The number of halogens is 1. The van der Waals surface area contributed by atoms with E-state index >= 15 is 0 Å². The average molecular weight is 399 g/mol. The lowest BCUT2D eigenvalue weighted by Crippen LogP contribution is -2.23. The van der Waals surface area contributed by atoms with E-state index in [1.165, 1.54) is 11.8 Å². The Bertz CT molecular complexity index is 1020. The van der Waals surface area contributed by atoms with Crippen LogP contribution < -0.4 is 5.32 Å². The molecule has 1 atom stereocenters. The minimum absolute atomic E-state index is 0.171. The lowest BCUT2D eigenvalue weighted by Gasteiger charge is -2.13. The van der Waals surface area contributed by atoms with Crippen molar-refractivity contribution in [1.29, 1.82) is 5.26 Å². The van der Waals surface area contributed by atoms with Gasteiger partial charge in [0.25, 0.3) is 0 Å². The van der Waals surface area contributed by atoms with Gasteiger partial charge in [-0.25, -0.2) is 4.98 Å². The molecule has 0 unspecified atom stereocenters. The van der Waals surface area contributed by atoms with Crippen molar-refractivity contribution in [2.75, 3.05) is 5.32 Å². The fraction of sp³-hybridized carbons (Fsp3) is 0.250. The second kappa shape index (κ2) is 8.47. The van der Waals surface area contributed by atoms with E-state index in [0.717, 1.165) is 29.2 Å². The van der Waals surface area contributed by atoms with Gasteiger partial charge in [0.1, 0.15) is 6.07 Å². The van der Waals surface area contributed by atoms with Gasteiger partial charge in [0.05, 0.1) is 27.5 Å². The summed E-state index contributed by atoms with van der Waals surface area (Å²) in [6.45, 7) is 4.74. The highest BCUT2D eigenvalue weighted by Gasteiger charge is 2.20. The topological polar surface area (TPSA) is 70.7 Å². The molecule has 138 valence electrons. The van der Waals surface area contributed by atoms with Crippen LogP contribution in [-0.4, -0.2) is 20.7 Å². The number of carbonyl (C=O) groups excluding carboxylic acids is 1. The van der Waals surface area contributed by atoms with Crippen LogP contribution in [0.2, 0.25) is 5.02 Å². The molecule has 0 spiro atoms. The first kappa shape index (κ1) is 19.3. The molecule has 0 fully saturated rings. The zero-order chi connectivity index (χ0) is 19.4. The van der Waals surface area contributed by atoms with Crippen molar-refractivity contribution in [3.8, 4) is 6.07 Å². The van der Waals surface area contributed by atoms with Gasteiger partial charge < -0.3 is 9.88 Å². The van der Waals surface area contributed by atoms with Gasteiger partial charge in [-0.1, -0.05) is 42.4 Å². The Morgan fingerprint density at radius 2 is 2.15 bits per heavy atom. The lowest BCUT2D eigenvalue weighted by molar-refractivity contribution is -0.115. The SMILES string of the molecule is CCCn1c(S[C@H](C)C(=O)Nc2ccccc2C#N)nc2cc(Cl)ccc21. The standard InChI is InChI=1S/C20H19ClN4OS/c1-3-10-25-18-9-8-15(21)11-17(18)24-20(25)27-13(2)19(26)23-16-7-5-4-6-14(16)12-22/h4-9,11,13H,3,10H2,1-2H3,(H,23,26)/t13-/m1/s1. The number of hydrogen-bond acceptors (Lipinski definition) is 4. The summed E-state index contributed by atoms with van der Waals surface area (Å²) in [6, 6.07) is 14.7. The van der Waals surface area contributed by atoms with Gasteiger partial charge in [-0.05, 0) is 43.7 Å². The Morgan fingerprint density at radius 1 is 1.37 bits per heavy atom. The molecule has 27 heavy (non-hydrogen) atoms. The van der Waals surface area contributed by atoms with E-state index in [-0.39, 0.29) is 11.2 Å². The van der Waals surface area contributed by atoms with Crippen LogP contribution in [0.5, 0.6) is 0 Å². The molecule has 2 aromatic carbocycles. The van der Waals surface area contributed by atoms with E-state index in [2.05, 4.69) is 27.9 Å². The van der Waals surface area contributed by atoms with Crippen LogP contribution in [0.4, 0.5) is 5.69 Å². The number of aryl methyl sites for hydroxylation is 1. The van der Waals surface area contributed by atoms with Gasteiger partial charge in [-0.15, -0.1) is 0 Å². The lowest BCUT2D eigenvalue weighted by atomic mass is 10.2. The van der Waals surface area contributed by atoms with Crippen molar-refractivity contribution < 1.29 is 4.79 Å². The third-order valence-corrected chi connectivity index (χ3v) is 5.40. The van der Waals surface area contributed by atoms with E-state index in [0.29, 0.717) is 16.3 Å². The number of imidazole rings is 1. The van der Waals surface area contributed by atoms with Crippen molar-refractivity contribution in [3.05, 3.63) is 53.1 Å². The Hall–Kier alpha value is -2.49. The summed E-state index contributed by atoms with van der Waals surface area (Å²) in [5, 5.41) is 13.1. The number of carbonyl (C=O) groups is 1. The number of para-hydroxylation sites is 1. The number of nitrogens with one attached hydrogen (secondary N) is 1. The molecular formula is C20H19ClN4OS. The van der Waals surface area contributed by atoms with Crippen molar-refractivity contribution >= 4 is 46.0 Å². The summed E-state index contributed by atoms with van der Waals surface area (Å²) in [5.41, 5.74) is 2.79. The number of benzene rings is 2. The number of nitrogens with zero attached hydrogens (tertiary/aromatic N) is 3. The summed E-state index contributed by atoms with van der Waals surface area (Å²) in [4.78, 5) is 17.3. The zero-order valence-corrected chi connectivity index (χ0v) is 16.6. The third kappa shape index (κ3) is 4.26. The maximum atomic E-state index is 12.6. The van der Waals surface area contributed by atoms with E-state index in [9.17, 15) is 10.1 Å². The summed E-state index contributed by atoms with van der Waals surface area (Å²) in [7, 11) is 0. The van der Waals surface area contributed by atoms with Crippen LogP contribution in [0.3, 0.4) is 0 Å². The number of hydrogen-bond donors (Lipinski definition) is 1. The van der Waals surface area contributed by atoms with E-state index < -0.39 is 0 Å². The van der Waals surface area contributed by atoms with Gasteiger partial charge >= 0.3 is 0 Å². The smallest absolute Gasteiger partial charge is 0.237 e.